The Balaban J connectivity index is 2.41. The van der Waals surface area contributed by atoms with Gasteiger partial charge in [0, 0.05) is 13.1 Å². The first-order chi connectivity index (χ1) is 6.66. The van der Waals surface area contributed by atoms with Crippen LogP contribution in [0.3, 0.4) is 0 Å². The van der Waals surface area contributed by atoms with Crippen LogP contribution in [-0.2, 0) is 0 Å². The lowest BCUT2D eigenvalue weighted by Gasteiger charge is -2.19. The molecule has 0 aliphatic carbocycles. The van der Waals surface area contributed by atoms with Crippen LogP contribution in [0.5, 0.6) is 0 Å². The molecule has 1 aromatic rings. The van der Waals surface area contributed by atoms with E-state index in [1.807, 2.05) is 0 Å². The van der Waals surface area contributed by atoms with E-state index in [0.29, 0.717) is 0 Å². The molecule has 1 saturated heterocycles. The summed E-state index contributed by atoms with van der Waals surface area (Å²) in [4.78, 5) is 0. The van der Waals surface area contributed by atoms with Crippen molar-refractivity contribution in [2.24, 2.45) is 0 Å². The van der Waals surface area contributed by atoms with Gasteiger partial charge in [-0.05, 0) is 43.0 Å². The van der Waals surface area contributed by atoms with E-state index in [1.54, 1.807) is 0 Å². The largest absolute Gasteiger partial charge is 0.309 e. The van der Waals surface area contributed by atoms with Crippen LogP contribution in [0.15, 0.2) is 17.7 Å². The molecule has 0 atom stereocenters. The monoisotopic (exact) mass is 187 g/mol. The molecule has 1 N–H and O–H groups in total. The molecule has 0 saturated carbocycles. The molecular formula is C13H17N. The van der Waals surface area contributed by atoms with Gasteiger partial charge in [0.25, 0.3) is 0 Å². The summed E-state index contributed by atoms with van der Waals surface area (Å²) in [6.45, 7) is 8.66. The zero-order valence-electron chi connectivity index (χ0n) is 9.15. The summed E-state index contributed by atoms with van der Waals surface area (Å²) in [5.74, 6) is 0. The van der Waals surface area contributed by atoms with Crippen LogP contribution >= 0.6 is 0 Å². The first-order valence-corrected chi connectivity index (χ1v) is 5.15. The standard InChI is InChI=1S/C13H17N/c1-9-4-10(2)13(11(3)5-9)6-12-7-14-8-12/h4-6,14H,7-8H2,1-3H3. The van der Waals surface area contributed by atoms with Crippen molar-refractivity contribution in [2.75, 3.05) is 13.1 Å². The van der Waals surface area contributed by atoms with Crippen LogP contribution in [0.4, 0.5) is 0 Å². The maximum atomic E-state index is 3.26. The second kappa shape index (κ2) is 3.58. The van der Waals surface area contributed by atoms with E-state index in [0.717, 1.165) is 13.1 Å². The topological polar surface area (TPSA) is 12.0 Å². The summed E-state index contributed by atoms with van der Waals surface area (Å²) < 4.78 is 0. The highest BCUT2D eigenvalue weighted by Crippen LogP contribution is 2.20. The summed E-state index contributed by atoms with van der Waals surface area (Å²) >= 11 is 0. The molecule has 1 heterocycles. The molecular weight excluding hydrogens is 170 g/mol. The lowest BCUT2D eigenvalue weighted by molar-refractivity contribution is 0.674. The van der Waals surface area contributed by atoms with Gasteiger partial charge in [-0.3, -0.25) is 0 Å². The van der Waals surface area contributed by atoms with E-state index in [4.69, 9.17) is 0 Å². The Morgan fingerprint density at radius 1 is 1.07 bits per heavy atom. The highest BCUT2D eigenvalue weighted by Gasteiger charge is 2.08. The number of rotatable bonds is 1. The van der Waals surface area contributed by atoms with Crippen molar-refractivity contribution in [3.63, 3.8) is 0 Å². The number of benzene rings is 1. The van der Waals surface area contributed by atoms with Crippen molar-refractivity contribution in [3.05, 3.63) is 40.0 Å². The Hall–Kier alpha value is -1.08. The molecule has 2 rings (SSSR count). The van der Waals surface area contributed by atoms with Crippen molar-refractivity contribution in [1.82, 2.24) is 5.32 Å². The van der Waals surface area contributed by atoms with Crippen LogP contribution in [0, 0.1) is 20.8 Å². The second-order valence-electron chi connectivity index (χ2n) is 4.22. The second-order valence-corrected chi connectivity index (χ2v) is 4.22. The molecule has 1 heteroatoms. The van der Waals surface area contributed by atoms with Gasteiger partial charge in [-0.2, -0.15) is 0 Å². The third kappa shape index (κ3) is 1.73. The Kier molecular flexibility index (Phi) is 2.42. The van der Waals surface area contributed by atoms with Gasteiger partial charge in [0.05, 0.1) is 0 Å². The fourth-order valence-electron chi connectivity index (χ4n) is 1.99. The molecule has 0 radical (unpaired) electrons. The van der Waals surface area contributed by atoms with Gasteiger partial charge in [-0.1, -0.05) is 23.8 Å². The molecule has 0 amide bonds. The van der Waals surface area contributed by atoms with E-state index in [9.17, 15) is 0 Å². The minimum absolute atomic E-state index is 1.06. The summed E-state index contributed by atoms with van der Waals surface area (Å²) in [7, 11) is 0. The predicted molar refractivity (Wildman–Crippen MR) is 61.5 cm³/mol. The van der Waals surface area contributed by atoms with Gasteiger partial charge >= 0.3 is 0 Å². The molecule has 0 unspecified atom stereocenters. The molecule has 1 aromatic carbocycles. The van der Waals surface area contributed by atoms with E-state index < -0.39 is 0 Å². The molecule has 0 aromatic heterocycles. The molecule has 1 aliphatic heterocycles. The highest BCUT2D eigenvalue weighted by atomic mass is 14.9. The van der Waals surface area contributed by atoms with E-state index in [1.165, 1.54) is 27.8 Å². The number of nitrogens with one attached hydrogen (secondary N) is 1. The van der Waals surface area contributed by atoms with Crippen LogP contribution in [0.25, 0.3) is 6.08 Å². The summed E-state index contributed by atoms with van der Waals surface area (Å²) in [6, 6.07) is 4.51. The van der Waals surface area contributed by atoms with Gasteiger partial charge < -0.3 is 5.32 Å². The molecule has 1 aliphatic rings. The van der Waals surface area contributed by atoms with Gasteiger partial charge in [0.15, 0.2) is 0 Å². The van der Waals surface area contributed by atoms with Crippen molar-refractivity contribution in [3.8, 4) is 0 Å². The fraction of sp³-hybridized carbons (Fsp3) is 0.385. The minimum atomic E-state index is 1.06. The van der Waals surface area contributed by atoms with Crippen molar-refractivity contribution >= 4 is 6.08 Å². The average Bonchev–Trinajstić information content (AvgIpc) is 1.98. The zero-order valence-corrected chi connectivity index (χ0v) is 9.15. The van der Waals surface area contributed by atoms with Gasteiger partial charge in [-0.25, -0.2) is 0 Å². The maximum Gasteiger partial charge on any atom is 0.0183 e. The molecule has 1 nitrogen and oxygen atoms in total. The third-order valence-corrected chi connectivity index (χ3v) is 2.79. The minimum Gasteiger partial charge on any atom is -0.309 e. The Labute approximate surface area is 85.8 Å². The van der Waals surface area contributed by atoms with E-state index in [2.05, 4.69) is 44.3 Å². The summed E-state index contributed by atoms with van der Waals surface area (Å²) in [5.41, 5.74) is 7.06. The molecule has 1 fully saturated rings. The predicted octanol–water partition coefficient (Wildman–Crippen LogP) is 2.60. The van der Waals surface area contributed by atoms with Crippen LogP contribution in [0.2, 0.25) is 0 Å². The van der Waals surface area contributed by atoms with E-state index in [-0.39, 0.29) is 0 Å². The first-order valence-electron chi connectivity index (χ1n) is 5.15. The quantitative estimate of drug-likeness (QED) is 0.712. The van der Waals surface area contributed by atoms with E-state index >= 15 is 0 Å². The van der Waals surface area contributed by atoms with Crippen molar-refractivity contribution < 1.29 is 0 Å². The maximum absolute atomic E-state index is 3.26. The SMILES string of the molecule is Cc1cc(C)c(C=C2CNC2)c(C)c1. The molecule has 0 bridgehead atoms. The summed E-state index contributed by atoms with van der Waals surface area (Å²) in [6.07, 6.45) is 2.33. The molecule has 14 heavy (non-hydrogen) atoms. The lowest BCUT2D eigenvalue weighted by Crippen LogP contribution is -2.33. The number of hydrogen-bond acceptors (Lipinski definition) is 1. The number of hydrogen-bond donors (Lipinski definition) is 1. The lowest BCUT2D eigenvalue weighted by atomic mass is 9.96. The Bertz CT molecular complexity index is 359. The van der Waals surface area contributed by atoms with Crippen LogP contribution in [-0.4, -0.2) is 13.1 Å². The fourth-order valence-corrected chi connectivity index (χ4v) is 1.99. The summed E-state index contributed by atoms with van der Waals surface area (Å²) in [5, 5.41) is 3.26. The Morgan fingerprint density at radius 3 is 2.07 bits per heavy atom. The number of aryl methyl sites for hydroxylation is 3. The van der Waals surface area contributed by atoms with Gasteiger partial charge in [0.2, 0.25) is 0 Å². The third-order valence-electron chi connectivity index (χ3n) is 2.79. The van der Waals surface area contributed by atoms with Crippen molar-refractivity contribution in [1.29, 1.82) is 0 Å². The first kappa shape index (κ1) is 9.47. The van der Waals surface area contributed by atoms with Crippen molar-refractivity contribution in [2.45, 2.75) is 20.8 Å². The van der Waals surface area contributed by atoms with Gasteiger partial charge in [0.1, 0.15) is 0 Å². The van der Waals surface area contributed by atoms with Crippen LogP contribution in [0.1, 0.15) is 22.3 Å². The smallest absolute Gasteiger partial charge is 0.0183 e. The Morgan fingerprint density at radius 2 is 1.64 bits per heavy atom. The van der Waals surface area contributed by atoms with Gasteiger partial charge in [-0.15, -0.1) is 0 Å². The normalized spacial score (nSPS) is 15.2. The van der Waals surface area contributed by atoms with Crippen LogP contribution < -0.4 is 5.32 Å². The molecule has 74 valence electrons. The molecule has 0 spiro atoms. The highest BCUT2D eigenvalue weighted by molar-refractivity contribution is 5.62. The zero-order chi connectivity index (χ0) is 10.1. The average molecular weight is 187 g/mol.